The molecule has 1 aromatic rings. The second-order valence-electron chi connectivity index (χ2n) is 8.87. The Labute approximate surface area is 189 Å². The molecule has 1 heterocycles. The molecular formula is C23H33FO7S. The van der Waals surface area contributed by atoms with Crippen LogP contribution in [0.3, 0.4) is 0 Å². The Morgan fingerprint density at radius 1 is 1.16 bits per heavy atom. The van der Waals surface area contributed by atoms with Crippen molar-refractivity contribution < 1.29 is 36.6 Å². The summed E-state index contributed by atoms with van der Waals surface area (Å²) < 4.78 is 60.5. The number of benzene rings is 1. The summed E-state index contributed by atoms with van der Waals surface area (Å²) in [6, 6.07) is 5.99. The Bertz CT molecular complexity index is 880. The zero-order valence-corrected chi connectivity index (χ0v) is 20.0. The normalized spacial score (nSPS) is 17.1. The molecule has 1 fully saturated rings. The summed E-state index contributed by atoms with van der Waals surface area (Å²) in [5.74, 6) is -0.141. The molecule has 0 saturated carbocycles. The van der Waals surface area contributed by atoms with E-state index in [1.54, 1.807) is 20.8 Å². The number of rotatable bonds is 10. The third-order valence-electron chi connectivity index (χ3n) is 5.12. The minimum atomic E-state index is -3.58. The molecule has 180 valence electrons. The van der Waals surface area contributed by atoms with E-state index in [0.717, 1.165) is 0 Å². The molecule has 9 heteroatoms. The summed E-state index contributed by atoms with van der Waals surface area (Å²) in [6.45, 7) is 6.18. The van der Waals surface area contributed by atoms with Crippen LogP contribution < -0.4 is 4.74 Å². The Morgan fingerprint density at radius 2 is 1.78 bits per heavy atom. The van der Waals surface area contributed by atoms with Gasteiger partial charge in [-0.1, -0.05) is 0 Å². The summed E-state index contributed by atoms with van der Waals surface area (Å²) >= 11 is 0. The Morgan fingerprint density at radius 3 is 2.31 bits per heavy atom. The maximum atomic E-state index is 13.2. The highest BCUT2D eigenvalue weighted by Crippen LogP contribution is 2.29. The van der Waals surface area contributed by atoms with Crippen molar-refractivity contribution >= 4 is 15.8 Å². The number of hydrogen-bond donors (Lipinski definition) is 0. The van der Waals surface area contributed by atoms with E-state index >= 15 is 0 Å². The van der Waals surface area contributed by atoms with Crippen LogP contribution in [0.4, 0.5) is 4.39 Å². The molecule has 1 aromatic carbocycles. The van der Waals surface area contributed by atoms with Gasteiger partial charge in [0.25, 0.3) is 0 Å². The molecule has 0 aromatic heterocycles. The molecular weight excluding hydrogens is 439 g/mol. The quantitative estimate of drug-likeness (QED) is 0.476. The average molecular weight is 473 g/mol. The predicted octanol–water partition coefficient (Wildman–Crippen LogP) is 4.01. The molecule has 7 nitrogen and oxygen atoms in total. The van der Waals surface area contributed by atoms with E-state index in [-0.39, 0.29) is 30.1 Å². The standard InChI is InChI=1S/C23H33FO7S/c1-22(2,3)31-21(25)10-5-18(15-24)16-30-19-6-8-20(9-7-19)32(26,27)17-23(28-4)11-13-29-14-12-23/h6-9,15H,5,10-14,16-17H2,1-4H3/b18-15+. The van der Waals surface area contributed by atoms with Crippen LogP contribution in [0.15, 0.2) is 41.1 Å². The lowest BCUT2D eigenvalue weighted by Crippen LogP contribution is -2.44. The lowest BCUT2D eigenvalue weighted by Gasteiger charge is -2.35. The van der Waals surface area contributed by atoms with Gasteiger partial charge in [-0.25, -0.2) is 12.8 Å². The first-order valence-electron chi connectivity index (χ1n) is 10.6. The Kier molecular flexibility index (Phi) is 9.24. The maximum Gasteiger partial charge on any atom is 0.306 e. The van der Waals surface area contributed by atoms with Gasteiger partial charge < -0.3 is 18.9 Å². The topological polar surface area (TPSA) is 88.1 Å². The Hall–Kier alpha value is -1.97. The first kappa shape index (κ1) is 26.3. The molecule has 0 atom stereocenters. The number of methoxy groups -OCH3 is 1. The van der Waals surface area contributed by atoms with E-state index in [1.165, 1.54) is 31.4 Å². The third-order valence-corrected chi connectivity index (χ3v) is 7.02. The van der Waals surface area contributed by atoms with Crippen LogP contribution in [0.25, 0.3) is 0 Å². The van der Waals surface area contributed by atoms with E-state index in [1.807, 2.05) is 0 Å². The Balaban J connectivity index is 1.92. The molecule has 1 aliphatic heterocycles. The van der Waals surface area contributed by atoms with Crippen molar-refractivity contribution in [3.63, 3.8) is 0 Å². The fourth-order valence-corrected chi connectivity index (χ4v) is 5.13. The zero-order valence-electron chi connectivity index (χ0n) is 19.2. The van der Waals surface area contributed by atoms with Crippen molar-refractivity contribution in [1.29, 1.82) is 0 Å². The average Bonchev–Trinajstić information content (AvgIpc) is 2.73. The van der Waals surface area contributed by atoms with Crippen molar-refractivity contribution in [3.05, 3.63) is 36.2 Å². The van der Waals surface area contributed by atoms with Gasteiger partial charge in [-0.2, -0.15) is 0 Å². The van der Waals surface area contributed by atoms with Crippen molar-refractivity contribution in [2.24, 2.45) is 0 Å². The molecule has 0 radical (unpaired) electrons. The zero-order chi connectivity index (χ0) is 23.8. The highest BCUT2D eigenvalue weighted by Gasteiger charge is 2.38. The van der Waals surface area contributed by atoms with E-state index in [4.69, 9.17) is 18.9 Å². The van der Waals surface area contributed by atoms with Crippen LogP contribution in [-0.4, -0.2) is 58.3 Å². The number of ether oxygens (including phenoxy) is 4. The summed E-state index contributed by atoms with van der Waals surface area (Å²) in [5.41, 5.74) is -1.04. The fraction of sp³-hybridized carbons (Fsp3) is 0.609. The van der Waals surface area contributed by atoms with Gasteiger partial charge in [-0.3, -0.25) is 4.79 Å². The van der Waals surface area contributed by atoms with Gasteiger partial charge >= 0.3 is 5.97 Å². The van der Waals surface area contributed by atoms with Crippen molar-refractivity contribution in [2.75, 3.05) is 32.7 Å². The minimum absolute atomic E-state index is 0.0415. The van der Waals surface area contributed by atoms with Crippen LogP contribution in [0.2, 0.25) is 0 Å². The molecule has 1 saturated heterocycles. The number of halogens is 1. The largest absolute Gasteiger partial charge is 0.489 e. The fourth-order valence-electron chi connectivity index (χ4n) is 3.31. The summed E-state index contributed by atoms with van der Waals surface area (Å²) in [6.07, 6.45) is 1.67. The number of carbonyl (C=O) groups excluding carboxylic acids is 1. The molecule has 0 bridgehead atoms. The lowest BCUT2D eigenvalue weighted by atomic mass is 9.97. The second kappa shape index (κ2) is 11.2. The van der Waals surface area contributed by atoms with E-state index in [2.05, 4.69) is 0 Å². The predicted molar refractivity (Wildman–Crippen MR) is 118 cm³/mol. The maximum absolute atomic E-state index is 13.2. The monoisotopic (exact) mass is 472 g/mol. The van der Waals surface area contributed by atoms with Gasteiger partial charge in [0.05, 0.1) is 22.6 Å². The first-order valence-corrected chi connectivity index (χ1v) is 12.2. The number of esters is 1. The smallest absolute Gasteiger partial charge is 0.306 e. The molecule has 0 N–H and O–H groups in total. The minimum Gasteiger partial charge on any atom is -0.489 e. The van der Waals surface area contributed by atoms with Crippen LogP contribution in [0, 0.1) is 0 Å². The third kappa shape index (κ3) is 8.18. The van der Waals surface area contributed by atoms with Crippen LogP contribution in [0.5, 0.6) is 5.75 Å². The SMILES string of the molecule is COC1(CS(=O)(=O)c2ccc(OC/C(=C/F)CCC(=O)OC(C)(C)C)cc2)CCOCC1. The van der Waals surface area contributed by atoms with Crippen molar-refractivity contribution in [1.82, 2.24) is 0 Å². The van der Waals surface area contributed by atoms with Crippen LogP contribution >= 0.6 is 0 Å². The van der Waals surface area contributed by atoms with Crippen molar-refractivity contribution in [2.45, 2.75) is 62.6 Å². The summed E-state index contributed by atoms with van der Waals surface area (Å²) in [7, 11) is -2.05. The van der Waals surface area contributed by atoms with Crippen LogP contribution in [0.1, 0.15) is 46.5 Å². The van der Waals surface area contributed by atoms with Gasteiger partial charge in [0.1, 0.15) is 18.0 Å². The van der Waals surface area contributed by atoms with Crippen LogP contribution in [-0.2, 0) is 28.8 Å². The van der Waals surface area contributed by atoms with E-state index < -0.39 is 27.0 Å². The van der Waals surface area contributed by atoms with E-state index in [9.17, 15) is 17.6 Å². The molecule has 32 heavy (non-hydrogen) atoms. The number of hydrogen-bond acceptors (Lipinski definition) is 7. The van der Waals surface area contributed by atoms with Gasteiger partial charge in [0, 0.05) is 39.6 Å². The molecule has 0 aliphatic carbocycles. The molecule has 0 unspecified atom stereocenters. The highest BCUT2D eigenvalue weighted by molar-refractivity contribution is 7.91. The molecule has 1 aliphatic rings. The number of sulfone groups is 1. The van der Waals surface area contributed by atoms with Gasteiger partial charge in [0.2, 0.25) is 0 Å². The second-order valence-corrected chi connectivity index (χ2v) is 10.9. The molecule has 0 amide bonds. The molecule has 0 spiro atoms. The summed E-state index contributed by atoms with van der Waals surface area (Å²) in [4.78, 5) is 12.0. The summed E-state index contributed by atoms with van der Waals surface area (Å²) in [5, 5.41) is 0. The van der Waals surface area contributed by atoms with Gasteiger partial charge in [-0.15, -0.1) is 0 Å². The number of carbonyl (C=O) groups is 1. The van der Waals surface area contributed by atoms with Gasteiger partial charge in [0.15, 0.2) is 9.84 Å². The molecule has 2 rings (SSSR count). The highest BCUT2D eigenvalue weighted by atomic mass is 32.2. The first-order chi connectivity index (χ1) is 15.0. The van der Waals surface area contributed by atoms with Gasteiger partial charge in [-0.05, 0) is 57.0 Å². The van der Waals surface area contributed by atoms with E-state index in [0.29, 0.717) is 43.7 Å². The lowest BCUT2D eigenvalue weighted by molar-refractivity contribution is -0.154. The van der Waals surface area contributed by atoms with Crippen molar-refractivity contribution in [3.8, 4) is 5.75 Å².